The number of nitrogens with zero attached hydrogens (tertiary/aromatic N) is 1. The predicted molar refractivity (Wildman–Crippen MR) is 50.6 cm³/mol. The second-order valence-electron chi connectivity index (χ2n) is 3.10. The lowest BCUT2D eigenvalue weighted by molar-refractivity contribution is 0.243. The van der Waals surface area contributed by atoms with Crippen LogP contribution in [0.3, 0.4) is 0 Å². The van der Waals surface area contributed by atoms with Crippen LogP contribution in [0.1, 0.15) is 20.8 Å². The molecule has 0 rings (SSSR count). The van der Waals surface area contributed by atoms with Crippen molar-refractivity contribution >= 4 is 0 Å². The van der Waals surface area contributed by atoms with Gasteiger partial charge < -0.3 is 5.73 Å². The molecule has 0 saturated carbocycles. The Hall–Kier alpha value is -0.340. The minimum atomic E-state index is 0.469. The van der Waals surface area contributed by atoms with Gasteiger partial charge in [0.15, 0.2) is 0 Å². The molecule has 0 aromatic heterocycles. The molecule has 0 radical (unpaired) electrons. The van der Waals surface area contributed by atoms with Gasteiger partial charge in [-0.2, -0.15) is 0 Å². The van der Waals surface area contributed by atoms with Crippen molar-refractivity contribution in [3.8, 4) is 0 Å². The summed E-state index contributed by atoms with van der Waals surface area (Å²) in [4.78, 5) is 2.32. The highest BCUT2D eigenvalue weighted by atomic mass is 15.1. The molecule has 0 spiro atoms. The lowest BCUT2D eigenvalue weighted by Gasteiger charge is -2.26. The molecular weight excluding hydrogens is 136 g/mol. The molecule has 0 aliphatic heterocycles. The Bertz CT molecular complexity index is 121. The summed E-state index contributed by atoms with van der Waals surface area (Å²) in [6.07, 6.45) is 0. The average molecular weight is 156 g/mol. The van der Waals surface area contributed by atoms with Crippen LogP contribution in [0.5, 0.6) is 0 Å². The molecule has 0 aromatic rings. The van der Waals surface area contributed by atoms with Gasteiger partial charge in [0.1, 0.15) is 0 Å². The van der Waals surface area contributed by atoms with Crippen molar-refractivity contribution in [1.29, 1.82) is 0 Å². The molecule has 0 aromatic carbocycles. The molecule has 0 saturated heterocycles. The Balaban J connectivity index is 3.84. The SMILES string of the molecule is C=C(C)CN(CC)C(C)CN. The molecule has 0 bridgehead atoms. The maximum absolute atomic E-state index is 5.55. The zero-order valence-corrected chi connectivity index (χ0v) is 7.93. The van der Waals surface area contributed by atoms with E-state index in [2.05, 4.69) is 25.3 Å². The van der Waals surface area contributed by atoms with E-state index in [0.29, 0.717) is 6.04 Å². The second-order valence-corrected chi connectivity index (χ2v) is 3.10. The summed E-state index contributed by atoms with van der Waals surface area (Å²) in [5, 5.41) is 0. The van der Waals surface area contributed by atoms with E-state index in [0.717, 1.165) is 19.6 Å². The Labute approximate surface area is 70.1 Å². The van der Waals surface area contributed by atoms with Crippen molar-refractivity contribution in [3.63, 3.8) is 0 Å². The molecule has 0 aliphatic carbocycles. The predicted octanol–water partition coefficient (Wildman–Crippen LogP) is 1.23. The molecule has 1 unspecified atom stereocenters. The lowest BCUT2D eigenvalue weighted by atomic mass is 10.2. The lowest BCUT2D eigenvalue weighted by Crippen LogP contribution is -2.39. The maximum atomic E-state index is 5.55. The first-order valence-corrected chi connectivity index (χ1v) is 4.20. The molecule has 0 heterocycles. The van der Waals surface area contributed by atoms with E-state index in [1.54, 1.807) is 0 Å². The van der Waals surface area contributed by atoms with E-state index in [4.69, 9.17) is 5.73 Å². The van der Waals surface area contributed by atoms with E-state index in [-0.39, 0.29) is 0 Å². The van der Waals surface area contributed by atoms with Gasteiger partial charge in [-0.1, -0.05) is 19.1 Å². The van der Waals surface area contributed by atoms with Gasteiger partial charge in [-0.05, 0) is 20.4 Å². The van der Waals surface area contributed by atoms with Crippen LogP contribution in [0.4, 0.5) is 0 Å². The molecule has 0 amide bonds. The molecule has 2 heteroatoms. The molecule has 1 atom stereocenters. The van der Waals surface area contributed by atoms with Crippen LogP contribution in [0.15, 0.2) is 12.2 Å². The summed E-state index contributed by atoms with van der Waals surface area (Å²) in [6.45, 7) is 13.0. The van der Waals surface area contributed by atoms with Gasteiger partial charge in [-0.25, -0.2) is 0 Å². The normalized spacial score (nSPS) is 13.5. The number of nitrogens with two attached hydrogens (primary N) is 1. The Morgan fingerprint density at radius 3 is 2.45 bits per heavy atom. The van der Waals surface area contributed by atoms with Crippen molar-refractivity contribution in [2.45, 2.75) is 26.8 Å². The first-order valence-electron chi connectivity index (χ1n) is 4.20. The Morgan fingerprint density at radius 2 is 2.18 bits per heavy atom. The summed E-state index contributed by atoms with van der Waals surface area (Å²) in [6, 6.07) is 0.469. The zero-order valence-electron chi connectivity index (χ0n) is 7.93. The fourth-order valence-electron chi connectivity index (χ4n) is 1.08. The summed E-state index contributed by atoms with van der Waals surface area (Å²) < 4.78 is 0. The highest BCUT2D eigenvalue weighted by Crippen LogP contribution is 2.00. The van der Waals surface area contributed by atoms with E-state index < -0.39 is 0 Å². The van der Waals surface area contributed by atoms with Gasteiger partial charge in [-0.3, -0.25) is 4.90 Å². The third-order valence-corrected chi connectivity index (χ3v) is 1.84. The second kappa shape index (κ2) is 5.33. The Kier molecular flexibility index (Phi) is 5.16. The van der Waals surface area contributed by atoms with Crippen LogP contribution in [0.25, 0.3) is 0 Å². The van der Waals surface area contributed by atoms with Crippen molar-refractivity contribution < 1.29 is 0 Å². The molecule has 66 valence electrons. The zero-order chi connectivity index (χ0) is 8.85. The monoisotopic (exact) mass is 156 g/mol. The van der Waals surface area contributed by atoms with Crippen molar-refractivity contribution in [3.05, 3.63) is 12.2 Å². The van der Waals surface area contributed by atoms with Gasteiger partial charge in [0.2, 0.25) is 0 Å². The van der Waals surface area contributed by atoms with Crippen LogP contribution < -0.4 is 5.73 Å². The van der Waals surface area contributed by atoms with Crippen LogP contribution in [0.2, 0.25) is 0 Å². The smallest absolute Gasteiger partial charge is 0.0193 e. The summed E-state index contributed by atoms with van der Waals surface area (Å²) in [5.41, 5.74) is 6.75. The van der Waals surface area contributed by atoms with Gasteiger partial charge in [0.05, 0.1) is 0 Å². The van der Waals surface area contributed by atoms with Crippen LogP contribution in [0, 0.1) is 0 Å². The quantitative estimate of drug-likeness (QED) is 0.607. The number of hydrogen-bond donors (Lipinski definition) is 1. The highest BCUT2D eigenvalue weighted by Gasteiger charge is 2.08. The summed E-state index contributed by atoms with van der Waals surface area (Å²) in [7, 11) is 0. The average Bonchev–Trinajstić information content (AvgIpc) is 1.98. The van der Waals surface area contributed by atoms with Gasteiger partial charge in [0.25, 0.3) is 0 Å². The van der Waals surface area contributed by atoms with E-state index in [1.165, 1.54) is 5.57 Å². The van der Waals surface area contributed by atoms with Crippen LogP contribution in [-0.4, -0.2) is 30.6 Å². The number of hydrogen-bond acceptors (Lipinski definition) is 2. The first-order chi connectivity index (χ1) is 5.11. The molecule has 0 fully saturated rings. The van der Waals surface area contributed by atoms with Crippen LogP contribution >= 0.6 is 0 Å². The highest BCUT2D eigenvalue weighted by molar-refractivity contribution is 4.92. The van der Waals surface area contributed by atoms with E-state index in [1.807, 2.05) is 6.92 Å². The number of likely N-dealkylation sites (N-methyl/N-ethyl adjacent to an activating group) is 1. The minimum absolute atomic E-state index is 0.469. The van der Waals surface area contributed by atoms with E-state index >= 15 is 0 Å². The number of rotatable bonds is 5. The molecule has 2 nitrogen and oxygen atoms in total. The Morgan fingerprint density at radius 1 is 1.64 bits per heavy atom. The third kappa shape index (κ3) is 4.17. The summed E-state index contributed by atoms with van der Waals surface area (Å²) >= 11 is 0. The fraction of sp³-hybridized carbons (Fsp3) is 0.778. The van der Waals surface area contributed by atoms with Gasteiger partial charge in [-0.15, -0.1) is 0 Å². The van der Waals surface area contributed by atoms with Crippen molar-refractivity contribution in [1.82, 2.24) is 4.90 Å². The third-order valence-electron chi connectivity index (χ3n) is 1.84. The largest absolute Gasteiger partial charge is 0.329 e. The van der Waals surface area contributed by atoms with Gasteiger partial charge in [0, 0.05) is 19.1 Å². The molecule has 0 aliphatic rings. The topological polar surface area (TPSA) is 29.3 Å². The first kappa shape index (κ1) is 10.7. The molecule has 11 heavy (non-hydrogen) atoms. The minimum Gasteiger partial charge on any atom is -0.329 e. The standard InChI is InChI=1S/C9H20N2/c1-5-11(7-8(2)3)9(4)6-10/h9H,2,5-7,10H2,1,3-4H3. The molecule has 2 N–H and O–H groups in total. The maximum Gasteiger partial charge on any atom is 0.0193 e. The summed E-state index contributed by atoms with van der Waals surface area (Å²) in [5.74, 6) is 0. The van der Waals surface area contributed by atoms with Crippen LogP contribution in [-0.2, 0) is 0 Å². The fourth-order valence-corrected chi connectivity index (χ4v) is 1.08. The van der Waals surface area contributed by atoms with Crippen molar-refractivity contribution in [2.24, 2.45) is 5.73 Å². The van der Waals surface area contributed by atoms with Crippen molar-refractivity contribution in [2.75, 3.05) is 19.6 Å². The molecular formula is C9H20N2. The van der Waals surface area contributed by atoms with Gasteiger partial charge >= 0.3 is 0 Å². The van der Waals surface area contributed by atoms with E-state index in [9.17, 15) is 0 Å².